The van der Waals surface area contributed by atoms with Crippen molar-refractivity contribution in [3.05, 3.63) is 52.5 Å². The predicted octanol–water partition coefficient (Wildman–Crippen LogP) is 0.939. The van der Waals surface area contributed by atoms with Gasteiger partial charge in [-0.05, 0) is 13.0 Å². The Balaban J connectivity index is 2.37. The fraction of sp³-hybridized carbons (Fsp3) is 0.273. The summed E-state index contributed by atoms with van der Waals surface area (Å²) >= 11 is 0. The van der Waals surface area contributed by atoms with Crippen LogP contribution in [0.15, 0.2) is 35.5 Å². The summed E-state index contributed by atoms with van der Waals surface area (Å²) in [7, 11) is 1.92. The van der Waals surface area contributed by atoms with E-state index in [1.54, 1.807) is 17.0 Å². The molecule has 2 rings (SSSR count). The first-order chi connectivity index (χ1) is 7.18. The Labute approximate surface area is 87.8 Å². The summed E-state index contributed by atoms with van der Waals surface area (Å²) in [5.74, 6) is 0.878. The summed E-state index contributed by atoms with van der Waals surface area (Å²) < 4.78 is 3.58. The van der Waals surface area contributed by atoms with Gasteiger partial charge < -0.3 is 9.13 Å². The fourth-order valence-corrected chi connectivity index (χ4v) is 1.48. The summed E-state index contributed by atoms with van der Waals surface area (Å²) in [5.41, 5.74) is 0.798. The molecule has 0 N–H and O–H groups in total. The van der Waals surface area contributed by atoms with Crippen molar-refractivity contribution >= 4 is 0 Å². The second-order valence-corrected chi connectivity index (χ2v) is 3.58. The van der Waals surface area contributed by atoms with Crippen LogP contribution in [0.3, 0.4) is 0 Å². The third kappa shape index (κ3) is 1.83. The van der Waals surface area contributed by atoms with Crippen LogP contribution >= 0.6 is 0 Å². The molecule has 0 amide bonds. The normalized spacial score (nSPS) is 10.5. The molecular weight excluding hydrogens is 190 g/mol. The van der Waals surface area contributed by atoms with E-state index in [-0.39, 0.29) is 5.56 Å². The largest absolute Gasteiger partial charge is 0.337 e. The molecule has 0 radical (unpaired) electrons. The molecule has 78 valence electrons. The predicted molar refractivity (Wildman–Crippen MR) is 57.7 cm³/mol. The van der Waals surface area contributed by atoms with Gasteiger partial charge in [0, 0.05) is 31.2 Å². The molecule has 0 unspecified atom stereocenters. The minimum atomic E-state index is 0.0421. The van der Waals surface area contributed by atoms with Gasteiger partial charge in [-0.15, -0.1) is 0 Å². The topological polar surface area (TPSA) is 39.8 Å². The molecular formula is C11H13N3O. The zero-order chi connectivity index (χ0) is 10.8. The van der Waals surface area contributed by atoms with E-state index >= 15 is 0 Å². The van der Waals surface area contributed by atoms with Crippen LogP contribution in [0.1, 0.15) is 11.4 Å². The molecule has 0 aliphatic rings. The molecule has 0 saturated carbocycles. The Hall–Kier alpha value is -1.84. The lowest BCUT2D eigenvalue weighted by Gasteiger charge is -2.06. The van der Waals surface area contributed by atoms with Gasteiger partial charge in [-0.1, -0.05) is 6.07 Å². The molecule has 0 aromatic carbocycles. The van der Waals surface area contributed by atoms with Gasteiger partial charge in [-0.25, -0.2) is 4.98 Å². The van der Waals surface area contributed by atoms with E-state index in [0.29, 0.717) is 6.54 Å². The molecule has 2 aromatic heterocycles. The highest BCUT2D eigenvalue weighted by atomic mass is 16.1. The van der Waals surface area contributed by atoms with E-state index in [0.717, 1.165) is 11.4 Å². The first-order valence-electron chi connectivity index (χ1n) is 4.81. The van der Waals surface area contributed by atoms with Crippen molar-refractivity contribution in [1.29, 1.82) is 0 Å². The first-order valence-corrected chi connectivity index (χ1v) is 4.81. The summed E-state index contributed by atoms with van der Waals surface area (Å²) in [6, 6.07) is 3.69. The summed E-state index contributed by atoms with van der Waals surface area (Å²) in [5, 5.41) is 0. The zero-order valence-electron chi connectivity index (χ0n) is 8.84. The molecule has 0 bridgehead atoms. The van der Waals surface area contributed by atoms with Crippen LogP contribution in [-0.4, -0.2) is 14.1 Å². The van der Waals surface area contributed by atoms with Crippen molar-refractivity contribution in [3.63, 3.8) is 0 Å². The quantitative estimate of drug-likeness (QED) is 0.728. The number of aromatic nitrogens is 3. The summed E-state index contributed by atoms with van der Waals surface area (Å²) in [4.78, 5) is 15.9. The van der Waals surface area contributed by atoms with Gasteiger partial charge in [0.05, 0.1) is 6.54 Å². The Morgan fingerprint density at radius 1 is 1.40 bits per heavy atom. The van der Waals surface area contributed by atoms with Crippen LogP contribution in [0.25, 0.3) is 0 Å². The number of nitrogens with zero attached hydrogens (tertiary/aromatic N) is 3. The van der Waals surface area contributed by atoms with Gasteiger partial charge in [0.15, 0.2) is 0 Å². The molecule has 0 atom stereocenters. The number of hydrogen-bond acceptors (Lipinski definition) is 2. The van der Waals surface area contributed by atoms with E-state index in [1.165, 1.54) is 0 Å². The van der Waals surface area contributed by atoms with Gasteiger partial charge in [0.1, 0.15) is 5.82 Å². The molecule has 2 heterocycles. The van der Waals surface area contributed by atoms with Crippen LogP contribution in [0.5, 0.6) is 0 Å². The Bertz CT molecular complexity index is 525. The van der Waals surface area contributed by atoms with E-state index in [2.05, 4.69) is 4.98 Å². The molecule has 0 spiro atoms. The van der Waals surface area contributed by atoms with Crippen molar-refractivity contribution in [3.8, 4) is 0 Å². The highest BCUT2D eigenvalue weighted by Gasteiger charge is 2.02. The van der Waals surface area contributed by atoms with Crippen molar-refractivity contribution in [2.75, 3.05) is 0 Å². The van der Waals surface area contributed by atoms with Crippen molar-refractivity contribution in [2.45, 2.75) is 13.5 Å². The van der Waals surface area contributed by atoms with E-state index in [1.807, 2.05) is 36.9 Å². The van der Waals surface area contributed by atoms with Gasteiger partial charge in [-0.2, -0.15) is 0 Å². The average molecular weight is 203 g/mol. The maximum Gasteiger partial charge on any atom is 0.253 e. The highest BCUT2D eigenvalue weighted by Crippen LogP contribution is 1.97. The number of imidazole rings is 1. The van der Waals surface area contributed by atoms with Crippen LogP contribution < -0.4 is 5.56 Å². The number of hydrogen-bond donors (Lipinski definition) is 0. The molecule has 4 heteroatoms. The van der Waals surface area contributed by atoms with Crippen molar-refractivity contribution in [2.24, 2.45) is 7.05 Å². The number of pyridine rings is 1. The first kappa shape index (κ1) is 9.71. The van der Waals surface area contributed by atoms with Crippen LogP contribution in [0, 0.1) is 6.92 Å². The SMILES string of the molecule is Cc1cccn(Cc2nccn2C)c1=O. The average Bonchev–Trinajstić information content (AvgIpc) is 2.60. The minimum absolute atomic E-state index is 0.0421. The molecule has 15 heavy (non-hydrogen) atoms. The molecule has 4 nitrogen and oxygen atoms in total. The van der Waals surface area contributed by atoms with Crippen molar-refractivity contribution in [1.82, 2.24) is 14.1 Å². The maximum atomic E-state index is 11.7. The third-order valence-electron chi connectivity index (χ3n) is 2.44. The van der Waals surface area contributed by atoms with Crippen molar-refractivity contribution < 1.29 is 0 Å². The molecule has 0 aliphatic carbocycles. The third-order valence-corrected chi connectivity index (χ3v) is 2.44. The standard InChI is InChI=1S/C11H13N3O/c1-9-4-3-6-14(11(9)15)8-10-12-5-7-13(10)2/h3-7H,8H2,1-2H3. The zero-order valence-corrected chi connectivity index (χ0v) is 8.84. The van der Waals surface area contributed by atoms with E-state index in [9.17, 15) is 4.79 Å². The maximum absolute atomic E-state index is 11.7. The monoisotopic (exact) mass is 203 g/mol. The fourth-order valence-electron chi connectivity index (χ4n) is 1.48. The lowest BCUT2D eigenvalue weighted by molar-refractivity contribution is 0.675. The van der Waals surface area contributed by atoms with Crippen LogP contribution in [0.2, 0.25) is 0 Å². The van der Waals surface area contributed by atoms with Crippen LogP contribution in [-0.2, 0) is 13.6 Å². The summed E-state index contributed by atoms with van der Waals surface area (Å²) in [6.07, 6.45) is 5.39. The van der Waals surface area contributed by atoms with Gasteiger partial charge in [-0.3, -0.25) is 4.79 Å². The molecule has 0 aliphatic heterocycles. The Kier molecular flexibility index (Phi) is 2.41. The Morgan fingerprint density at radius 2 is 2.20 bits per heavy atom. The highest BCUT2D eigenvalue weighted by molar-refractivity contribution is 5.08. The lowest BCUT2D eigenvalue weighted by Crippen LogP contribution is -2.22. The van der Waals surface area contributed by atoms with Gasteiger partial charge in [0.2, 0.25) is 0 Å². The second kappa shape index (κ2) is 3.73. The number of aryl methyl sites for hydroxylation is 2. The number of rotatable bonds is 2. The lowest BCUT2D eigenvalue weighted by atomic mass is 10.3. The van der Waals surface area contributed by atoms with E-state index < -0.39 is 0 Å². The van der Waals surface area contributed by atoms with Gasteiger partial charge >= 0.3 is 0 Å². The minimum Gasteiger partial charge on any atom is -0.337 e. The van der Waals surface area contributed by atoms with Crippen LogP contribution in [0.4, 0.5) is 0 Å². The van der Waals surface area contributed by atoms with E-state index in [4.69, 9.17) is 0 Å². The molecule has 2 aromatic rings. The second-order valence-electron chi connectivity index (χ2n) is 3.58. The molecule has 0 saturated heterocycles. The summed E-state index contributed by atoms with van der Waals surface area (Å²) in [6.45, 7) is 2.33. The Morgan fingerprint density at radius 3 is 2.87 bits per heavy atom. The smallest absolute Gasteiger partial charge is 0.253 e. The molecule has 0 fully saturated rings. The van der Waals surface area contributed by atoms with Gasteiger partial charge in [0.25, 0.3) is 5.56 Å².